The number of phenols is 1. The molecule has 10 atom stereocenters. The van der Waals surface area contributed by atoms with Crippen LogP contribution in [0.4, 0.5) is 0 Å². The number of fused-ring (bicyclic) bond motifs is 4. The van der Waals surface area contributed by atoms with Gasteiger partial charge < -0.3 is 58.0 Å². The molecule has 0 radical (unpaired) electrons. The minimum Gasteiger partial charge on any atom is -0.502 e. The molecule has 0 bridgehead atoms. The number of hydrogen-bond donors (Lipinski definition) is 3. The largest absolute Gasteiger partial charge is 0.502 e. The summed E-state index contributed by atoms with van der Waals surface area (Å²) >= 11 is 0. The van der Waals surface area contributed by atoms with Crippen LogP contribution in [0.1, 0.15) is 46.6 Å². The van der Waals surface area contributed by atoms with Gasteiger partial charge in [0.1, 0.15) is 24.4 Å². The highest BCUT2D eigenvalue weighted by atomic mass is 16.8. The maximum Gasteiger partial charge on any atom is 0.310 e. The minimum atomic E-state index is -3.12. The highest BCUT2D eigenvalue weighted by Crippen LogP contribution is 2.57. The Kier molecular flexibility index (Phi) is 4.91. The van der Waals surface area contributed by atoms with E-state index >= 15 is 0 Å². The van der Waals surface area contributed by atoms with Gasteiger partial charge in [0.05, 0.1) is 50.2 Å². The van der Waals surface area contributed by atoms with Crippen molar-refractivity contribution >= 4 is 5.97 Å². The maximum atomic E-state index is 13.7. The highest BCUT2D eigenvalue weighted by Gasteiger charge is 2.56. The second-order valence-electron chi connectivity index (χ2n) is 10.6. The first-order chi connectivity index (χ1) is 23.3. The Morgan fingerprint density at radius 2 is 1.69 bits per heavy atom. The van der Waals surface area contributed by atoms with Gasteiger partial charge in [-0.2, -0.15) is 0 Å². The number of phenolic OH excluding ortho intramolecular Hbond substituents is 1. The number of carbonyl (C=O) groups excluding carboxylic acids is 1. The Balaban J connectivity index is 1.38. The average molecular weight is 597 g/mol. The van der Waals surface area contributed by atoms with Crippen molar-refractivity contribution in [1.29, 1.82) is 0 Å². The van der Waals surface area contributed by atoms with Gasteiger partial charge in [0.15, 0.2) is 35.6 Å². The summed E-state index contributed by atoms with van der Waals surface area (Å²) in [4.78, 5) is 13.7. The summed E-state index contributed by atoms with van der Waals surface area (Å²) in [5, 5.41) is 32.9. The van der Waals surface area contributed by atoms with Gasteiger partial charge in [-0.05, 0) is 47.9 Å². The lowest BCUT2D eigenvalue weighted by Gasteiger charge is -2.47. The summed E-state index contributed by atoms with van der Waals surface area (Å²) in [5.74, 6) is -7.19. The van der Waals surface area contributed by atoms with Crippen LogP contribution in [0.3, 0.4) is 0 Å². The second-order valence-corrected chi connectivity index (χ2v) is 10.6. The van der Waals surface area contributed by atoms with E-state index in [1.54, 1.807) is 6.92 Å². The number of benzene rings is 2. The topological polar surface area (TPSA) is 161 Å². The maximum absolute atomic E-state index is 13.7. The number of aromatic hydroxyl groups is 1. The molecule has 3 N–H and O–H groups in total. The summed E-state index contributed by atoms with van der Waals surface area (Å²) < 4.78 is 113. The molecule has 226 valence electrons. The Bertz CT molecular complexity index is 1630. The van der Waals surface area contributed by atoms with Crippen LogP contribution < -0.4 is 18.9 Å². The van der Waals surface area contributed by atoms with Crippen LogP contribution in [0, 0.1) is 11.8 Å². The number of cyclic esters (lactones) is 1. The van der Waals surface area contributed by atoms with E-state index in [2.05, 4.69) is 0 Å². The fourth-order valence-corrected chi connectivity index (χ4v) is 6.32. The Morgan fingerprint density at radius 3 is 2.40 bits per heavy atom. The summed E-state index contributed by atoms with van der Waals surface area (Å²) in [5.41, 5.74) is 0.411. The van der Waals surface area contributed by atoms with Crippen LogP contribution >= 0.6 is 0 Å². The molecule has 5 aliphatic rings. The lowest BCUT2D eigenvalue weighted by atomic mass is 9.66. The number of aliphatic hydroxyl groups is 2. The van der Waals surface area contributed by atoms with Crippen molar-refractivity contribution in [1.82, 2.24) is 0 Å². The lowest BCUT2D eigenvalue weighted by Crippen LogP contribution is -2.63. The third-order valence-corrected chi connectivity index (χ3v) is 8.27. The van der Waals surface area contributed by atoms with Crippen molar-refractivity contribution in [2.24, 2.45) is 11.8 Å². The number of aliphatic hydroxyl groups excluding tert-OH is 2. The molecule has 42 heavy (non-hydrogen) atoms. The van der Waals surface area contributed by atoms with Gasteiger partial charge in [-0.15, -0.1) is 0 Å². The third-order valence-electron chi connectivity index (χ3n) is 8.27. The van der Waals surface area contributed by atoms with Gasteiger partial charge in [0.2, 0.25) is 12.5 Å². The van der Waals surface area contributed by atoms with Crippen molar-refractivity contribution in [2.75, 3.05) is 34.0 Å². The van der Waals surface area contributed by atoms with Crippen LogP contribution in [0.2, 0.25) is 0 Å². The van der Waals surface area contributed by atoms with Crippen molar-refractivity contribution in [3.8, 4) is 28.7 Å². The zero-order valence-electron chi connectivity index (χ0n) is 29.9. The fraction of sp³-hybridized carbons (Fsp3) is 0.552. The zero-order chi connectivity index (χ0) is 36.1. The molecule has 1 aliphatic carbocycles. The number of esters is 1. The van der Waals surface area contributed by atoms with E-state index in [1.165, 1.54) is 12.1 Å². The van der Waals surface area contributed by atoms with E-state index in [4.69, 9.17) is 53.6 Å². The summed E-state index contributed by atoms with van der Waals surface area (Å²) in [6.45, 7) is -1.32. The van der Waals surface area contributed by atoms with Gasteiger partial charge in [-0.1, -0.05) is 0 Å². The molecule has 0 spiro atoms. The predicted molar refractivity (Wildman–Crippen MR) is 138 cm³/mol. The van der Waals surface area contributed by atoms with Gasteiger partial charge in [-0.3, -0.25) is 4.79 Å². The van der Waals surface area contributed by atoms with Gasteiger partial charge >= 0.3 is 5.97 Å². The Labute approximate surface area is 251 Å². The number of hydrogen-bond acceptors (Lipinski definition) is 13. The third kappa shape index (κ3) is 4.26. The molecule has 4 heterocycles. The van der Waals surface area contributed by atoms with Crippen molar-refractivity contribution in [3.63, 3.8) is 0 Å². The molecule has 0 amide bonds. The van der Waals surface area contributed by atoms with E-state index < -0.39 is 105 Å². The van der Waals surface area contributed by atoms with E-state index in [-0.39, 0.29) is 41.6 Å². The normalized spacial score (nSPS) is 41.1. The van der Waals surface area contributed by atoms with E-state index in [9.17, 15) is 20.1 Å². The number of ether oxygens (including phenoxy) is 9. The van der Waals surface area contributed by atoms with Crippen molar-refractivity contribution in [3.05, 3.63) is 41.0 Å². The first-order valence-electron chi connectivity index (χ1n) is 17.2. The molecule has 3 saturated heterocycles. The van der Waals surface area contributed by atoms with E-state index in [0.717, 1.165) is 12.1 Å². The minimum absolute atomic E-state index is 0.0197. The van der Waals surface area contributed by atoms with Crippen LogP contribution in [0.15, 0.2) is 24.3 Å². The smallest absolute Gasteiger partial charge is 0.310 e. The molecule has 3 fully saturated rings. The first-order valence-corrected chi connectivity index (χ1v) is 13.2. The molecule has 2 aromatic rings. The molecule has 13 heteroatoms. The second kappa shape index (κ2) is 10.4. The summed E-state index contributed by atoms with van der Waals surface area (Å²) in [6, 6.07) is 5.11. The van der Waals surface area contributed by atoms with E-state index in [1.807, 2.05) is 0 Å². The zero-order valence-corrected chi connectivity index (χ0v) is 21.9. The number of carbonyl (C=O) groups is 1. The Hall–Kier alpha value is -3.33. The van der Waals surface area contributed by atoms with Gasteiger partial charge in [-0.25, -0.2) is 0 Å². The van der Waals surface area contributed by atoms with Crippen LogP contribution in [0.5, 0.6) is 28.7 Å². The van der Waals surface area contributed by atoms with Crippen molar-refractivity contribution < 1.29 is 73.7 Å². The molecule has 13 nitrogen and oxygen atoms in total. The van der Waals surface area contributed by atoms with Crippen molar-refractivity contribution in [2.45, 2.75) is 55.9 Å². The molecule has 2 aromatic carbocycles. The standard InChI is InChI=1S/C29H32O13/c1-11-36-9-20-27(40-11)24(31)25(32)29(41-20)42-26-14-7-17-16(38-10-39-17)6-13(14)21(22-15(26)8-37-28(22)33)12-4-18(34-2)23(30)19(5-12)35-3/h4-7,11,15,20-22,24-27,29-32H,8-10H2,1-3H3/t11-,15+,20-,21-,22+,24-,25-,26-,27-,29+/m1/s1/i2D3,3D3,8D2. The molecular weight excluding hydrogens is 556 g/mol. The van der Waals surface area contributed by atoms with Gasteiger partial charge in [0, 0.05) is 11.8 Å². The first kappa shape index (κ1) is 19.8. The molecule has 0 saturated carbocycles. The lowest BCUT2D eigenvalue weighted by molar-refractivity contribution is -0.364. The summed E-state index contributed by atoms with van der Waals surface area (Å²) in [6.07, 6.45) is -8.76. The molecule has 7 rings (SSSR count). The SMILES string of the molecule is [2H]C([2H])([2H])Oc1cc([C@@H]2c3cc4c(cc3[C@@H](O[C@@H]3O[C@@H]5CO[C@@H](C)O[C@H]5[C@H](O)[C@H]3O)[C@@H]3[C@@H]2C(=O)OC3([2H])[2H])OCO4)cc(OC([2H])([2H])[2H])c1O. The van der Waals surface area contributed by atoms with E-state index in [0.29, 0.717) is 0 Å². The quantitative estimate of drug-likeness (QED) is 0.425. The molecule has 0 aromatic heterocycles. The van der Waals surface area contributed by atoms with Gasteiger partial charge in [0.25, 0.3) is 0 Å². The fourth-order valence-electron chi connectivity index (χ4n) is 6.32. The number of rotatable bonds is 5. The Morgan fingerprint density at radius 1 is 0.976 bits per heavy atom. The number of methoxy groups -OCH3 is 2. The molecule has 0 unspecified atom stereocenters. The molecule has 4 aliphatic heterocycles. The highest BCUT2D eigenvalue weighted by molar-refractivity contribution is 5.79. The van der Waals surface area contributed by atoms with Crippen LogP contribution in [-0.4, -0.2) is 92.3 Å². The summed E-state index contributed by atoms with van der Waals surface area (Å²) in [7, 11) is -6.24. The van der Waals surface area contributed by atoms with Crippen LogP contribution in [-0.2, 0) is 28.5 Å². The average Bonchev–Trinajstić information content (AvgIpc) is 3.55. The van der Waals surface area contributed by atoms with Crippen LogP contribution in [0.25, 0.3) is 0 Å². The monoisotopic (exact) mass is 596 g/mol. The molecular formula is C29H32O13. The predicted octanol–water partition coefficient (Wildman–Crippen LogP) is 1.34.